The molecule has 0 aliphatic carbocycles. The third-order valence-electron chi connectivity index (χ3n) is 4.50. The summed E-state index contributed by atoms with van der Waals surface area (Å²) in [5, 5.41) is 22.3. The topological polar surface area (TPSA) is 148 Å². The van der Waals surface area contributed by atoms with Gasteiger partial charge in [0.25, 0.3) is 5.69 Å². The molecule has 1 aromatic carbocycles. The van der Waals surface area contributed by atoms with Crippen LogP contribution in [0.1, 0.15) is 20.3 Å². The predicted octanol–water partition coefficient (Wildman–Crippen LogP) is 0.675. The first-order valence-electron chi connectivity index (χ1n) is 8.19. The molecule has 10 nitrogen and oxygen atoms in total. The summed E-state index contributed by atoms with van der Waals surface area (Å²) in [6, 6.07) is 3.64. The molecule has 12 heteroatoms. The van der Waals surface area contributed by atoms with Gasteiger partial charge in [-0.2, -0.15) is 0 Å². The Morgan fingerprint density at radius 3 is 2.70 bits per heavy atom. The summed E-state index contributed by atoms with van der Waals surface area (Å²) in [7, 11) is -4.03. The number of piperazine rings is 1. The molecule has 27 heavy (non-hydrogen) atoms. The van der Waals surface area contributed by atoms with Crippen LogP contribution in [0.5, 0.6) is 0 Å². The van der Waals surface area contributed by atoms with Crippen LogP contribution in [0.25, 0.3) is 0 Å². The zero-order valence-electron chi connectivity index (χ0n) is 15.0. The van der Waals surface area contributed by atoms with E-state index < -0.39 is 20.6 Å². The van der Waals surface area contributed by atoms with Crippen LogP contribution in [0, 0.1) is 10.1 Å². The molecule has 0 saturated carbocycles. The average molecular weight is 422 g/mol. The van der Waals surface area contributed by atoms with E-state index in [0.717, 1.165) is 12.6 Å². The highest BCUT2D eigenvalue weighted by Gasteiger charge is 2.27. The molecule has 2 rings (SSSR count). The van der Waals surface area contributed by atoms with E-state index in [2.05, 4.69) is 10.6 Å². The summed E-state index contributed by atoms with van der Waals surface area (Å²) in [6.07, 6.45) is 0.172. The summed E-state index contributed by atoms with van der Waals surface area (Å²) in [6.45, 7) is 5.52. The quantitative estimate of drug-likeness (QED) is 0.451. The molecule has 2 unspecified atom stereocenters. The van der Waals surface area contributed by atoms with E-state index in [-0.39, 0.29) is 53.9 Å². The van der Waals surface area contributed by atoms with E-state index in [9.17, 15) is 23.3 Å². The van der Waals surface area contributed by atoms with Crippen molar-refractivity contribution in [2.75, 3.05) is 25.0 Å². The number of halogens is 1. The number of hydrogen-bond donors (Lipinski definition) is 3. The van der Waals surface area contributed by atoms with Crippen molar-refractivity contribution in [3.05, 3.63) is 28.3 Å². The molecule has 1 aliphatic rings. The maximum atomic E-state index is 12.4. The van der Waals surface area contributed by atoms with Crippen molar-refractivity contribution in [2.24, 2.45) is 5.14 Å². The first-order chi connectivity index (χ1) is 12.1. The molecule has 152 valence electrons. The molecule has 1 heterocycles. The van der Waals surface area contributed by atoms with Gasteiger partial charge in [-0.3, -0.25) is 14.9 Å². The van der Waals surface area contributed by atoms with Crippen molar-refractivity contribution in [1.82, 2.24) is 10.2 Å². The number of benzene rings is 1. The normalized spacial score (nSPS) is 19.9. The molecule has 1 aromatic rings. The van der Waals surface area contributed by atoms with Gasteiger partial charge in [0.2, 0.25) is 15.9 Å². The van der Waals surface area contributed by atoms with Gasteiger partial charge in [0.1, 0.15) is 5.69 Å². The number of carbonyl (C=O) groups is 1. The number of sulfonamides is 1. The molecule has 1 aliphatic heterocycles. The van der Waals surface area contributed by atoms with Crippen LogP contribution in [0.15, 0.2) is 23.1 Å². The van der Waals surface area contributed by atoms with Gasteiger partial charge in [-0.05, 0) is 26.0 Å². The Morgan fingerprint density at radius 2 is 2.11 bits per heavy atom. The highest BCUT2D eigenvalue weighted by molar-refractivity contribution is 7.89. The molecule has 0 aromatic heterocycles. The van der Waals surface area contributed by atoms with Crippen LogP contribution in [-0.2, 0) is 14.8 Å². The number of nitrogens with one attached hydrogen (secondary N) is 2. The fourth-order valence-electron chi connectivity index (χ4n) is 2.85. The summed E-state index contributed by atoms with van der Waals surface area (Å²) < 4.78 is 22.7. The number of hydrogen-bond acceptors (Lipinski definition) is 7. The number of nitro groups is 1. The monoisotopic (exact) mass is 421 g/mol. The lowest BCUT2D eigenvalue weighted by molar-refractivity contribution is -0.384. The Balaban J connectivity index is 0.00000364. The second-order valence-corrected chi connectivity index (χ2v) is 7.79. The number of nitro benzene ring substituents is 1. The molecular formula is C15H24ClN5O5S. The number of nitrogens with zero attached hydrogens (tertiary/aromatic N) is 2. The average Bonchev–Trinajstić information content (AvgIpc) is 2.56. The second kappa shape index (κ2) is 9.31. The van der Waals surface area contributed by atoms with E-state index in [1.807, 2.05) is 13.8 Å². The Bertz CT molecular complexity index is 804. The highest BCUT2D eigenvalue weighted by Crippen LogP contribution is 2.27. The van der Waals surface area contributed by atoms with E-state index in [1.165, 1.54) is 12.1 Å². The number of amides is 1. The van der Waals surface area contributed by atoms with E-state index >= 15 is 0 Å². The molecule has 1 fully saturated rings. The third kappa shape index (κ3) is 5.76. The minimum Gasteiger partial charge on any atom is -0.379 e. The fourth-order valence-corrected chi connectivity index (χ4v) is 3.38. The zero-order valence-corrected chi connectivity index (χ0v) is 16.7. The lowest BCUT2D eigenvalue weighted by Crippen LogP contribution is -2.57. The minimum absolute atomic E-state index is 0. The number of rotatable bonds is 6. The maximum Gasteiger partial charge on any atom is 0.293 e. The number of primary sulfonamides is 1. The smallest absolute Gasteiger partial charge is 0.293 e. The fraction of sp³-hybridized carbons (Fsp3) is 0.533. The molecule has 1 saturated heterocycles. The van der Waals surface area contributed by atoms with Gasteiger partial charge >= 0.3 is 0 Å². The van der Waals surface area contributed by atoms with Crippen LogP contribution in [0.3, 0.4) is 0 Å². The van der Waals surface area contributed by atoms with Crippen LogP contribution in [0.4, 0.5) is 11.4 Å². The van der Waals surface area contributed by atoms with Gasteiger partial charge in [-0.25, -0.2) is 13.6 Å². The van der Waals surface area contributed by atoms with Crippen LogP contribution < -0.4 is 15.8 Å². The third-order valence-corrected chi connectivity index (χ3v) is 5.41. The molecule has 0 radical (unpaired) electrons. The lowest BCUT2D eigenvalue weighted by Gasteiger charge is -2.38. The lowest BCUT2D eigenvalue weighted by atomic mass is 10.1. The summed E-state index contributed by atoms with van der Waals surface area (Å²) in [4.78, 5) is 24.3. The van der Waals surface area contributed by atoms with Gasteiger partial charge in [-0.1, -0.05) is 0 Å². The highest BCUT2D eigenvalue weighted by atomic mass is 35.5. The van der Waals surface area contributed by atoms with Crippen molar-refractivity contribution >= 4 is 39.7 Å². The van der Waals surface area contributed by atoms with Crippen LogP contribution >= 0.6 is 12.4 Å². The molecule has 4 N–H and O–H groups in total. The van der Waals surface area contributed by atoms with Gasteiger partial charge in [0, 0.05) is 44.2 Å². The molecule has 1 amide bonds. The van der Waals surface area contributed by atoms with Crippen molar-refractivity contribution < 1.29 is 18.1 Å². The van der Waals surface area contributed by atoms with Gasteiger partial charge in [0.05, 0.1) is 9.82 Å². The van der Waals surface area contributed by atoms with E-state index in [4.69, 9.17) is 5.14 Å². The second-order valence-electron chi connectivity index (χ2n) is 6.23. The Hall–Kier alpha value is -1.95. The summed E-state index contributed by atoms with van der Waals surface area (Å²) >= 11 is 0. The summed E-state index contributed by atoms with van der Waals surface area (Å²) in [5.41, 5.74) is -0.273. The number of carbonyl (C=O) groups excluding carboxylic acids is 1. The SMILES string of the molecule is CC1NCCN(C(=O)CCNc2ccc(S(N)(=O)=O)cc2[N+](=O)[O-])C1C.Cl. The maximum absolute atomic E-state index is 12.4. The van der Waals surface area contributed by atoms with Crippen molar-refractivity contribution in [2.45, 2.75) is 37.2 Å². The Kier molecular flexibility index (Phi) is 7.96. The van der Waals surface area contributed by atoms with Crippen molar-refractivity contribution in [3.63, 3.8) is 0 Å². The van der Waals surface area contributed by atoms with Gasteiger partial charge in [0.15, 0.2) is 0 Å². The first-order valence-corrected chi connectivity index (χ1v) is 9.74. The standard InChI is InChI=1S/C15H23N5O5S.ClH/c1-10-11(2)19(8-7-17-10)15(21)5-6-18-13-4-3-12(26(16,24)25)9-14(13)20(22)23;/h3-4,9-11,17-18H,5-8H2,1-2H3,(H2,16,24,25);1H. The zero-order chi connectivity index (χ0) is 19.5. The molecule has 2 atom stereocenters. The Labute approximate surface area is 164 Å². The number of nitrogens with two attached hydrogens (primary N) is 1. The van der Waals surface area contributed by atoms with Crippen LogP contribution in [-0.4, -0.2) is 55.9 Å². The largest absolute Gasteiger partial charge is 0.379 e. The van der Waals surface area contributed by atoms with E-state index in [0.29, 0.717) is 6.54 Å². The molecular weight excluding hydrogens is 398 g/mol. The van der Waals surface area contributed by atoms with Gasteiger partial charge in [-0.15, -0.1) is 12.4 Å². The number of anilines is 1. The van der Waals surface area contributed by atoms with Crippen molar-refractivity contribution in [3.8, 4) is 0 Å². The Morgan fingerprint density at radius 1 is 1.44 bits per heavy atom. The van der Waals surface area contributed by atoms with Crippen LogP contribution in [0.2, 0.25) is 0 Å². The summed E-state index contributed by atoms with van der Waals surface area (Å²) in [5.74, 6) is -0.0397. The molecule has 0 spiro atoms. The van der Waals surface area contributed by atoms with E-state index in [1.54, 1.807) is 4.90 Å². The first kappa shape index (κ1) is 23.1. The van der Waals surface area contributed by atoms with Gasteiger partial charge < -0.3 is 15.5 Å². The predicted molar refractivity (Wildman–Crippen MR) is 103 cm³/mol. The molecule has 0 bridgehead atoms. The minimum atomic E-state index is -4.03. The van der Waals surface area contributed by atoms with Crippen molar-refractivity contribution in [1.29, 1.82) is 0 Å².